The molecule has 0 aliphatic rings. The Bertz CT molecular complexity index is 658. The molecule has 2 rings (SSSR count). The van der Waals surface area contributed by atoms with Gasteiger partial charge in [-0.2, -0.15) is 0 Å². The number of hydrogen-bond acceptors (Lipinski definition) is 3. The third-order valence-electron chi connectivity index (χ3n) is 3.91. The summed E-state index contributed by atoms with van der Waals surface area (Å²) in [4.78, 5) is 12.2. The van der Waals surface area contributed by atoms with Gasteiger partial charge in [0.1, 0.15) is 5.75 Å². The average Bonchev–Trinajstić information content (AvgIpc) is 2.60. The maximum Gasteiger partial charge on any atom is 0.230 e. The average molecular weight is 343 g/mol. The minimum Gasteiger partial charge on any atom is -0.496 e. The van der Waals surface area contributed by atoms with E-state index in [9.17, 15) is 4.79 Å². The lowest BCUT2D eigenvalue weighted by Gasteiger charge is -2.19. The zero-order chi connectivity index (χ0) is 17.4. The summed E-state index contributed by atoms with van der Waals surface area (Å²) in [5, 5.41) is 3.13. The number of carbonyl (C=O) groups excluding carboxylic acids is 1. The molecule has 2 aromatic carbocycles. The van der Waals surface area contributed by atoms with Crippen LogP contribution in [0.25, 0.3) is 0 Å². The van der Waals surface area contributed by atoms with Crippen LogP contribution in [-0.2, 0) is 10.5 Å². The van der Waals surface area contributed by atoms with Crippen molar-refractivity contribution in [3.8, 4) is 5.75 Å². The molecule has 0 saturated heterocycles. The van der Waals surface area contributed by atoms with E-state index in [0.717, 1.165) is 29.1 Å². The fourth-order valence-electron chi connectivity index (χ4n) is 2.61. The predicted octanol–water partition coefficient (Wildman–Crippen LogP) is 4.50. The van der Waals surface area contributed by atoms with E-state index >= 15 is 0 Å². The van der Waals surface area contributed by atoms with E-state index in [4.69, 9.17) is 4.74 Å². The van der Waals surface area contributed by atoms with Crippen LogP contribution >= 0.6 is 11.8 Å². The summed E-state index contributed by atoms with van der Waals surface area (Å²) in [5.74, 6) is 2.28. The van der Waals surface area contributed by atoms with E-state index in [1.807, 2.05) is 37.3 Å². The number of benzene rings is 2. The Morgan fingerprint density at radius 1 is 1.21 bits per heavy atom. The molecule has 24 heavy (non-hydrogen) atoms. The normalized spacial score (nSPS) is 11.8. The topological polar surface area (TPSA) is 38.3 Å². The zero-order valence-corrected chi connectivity index (χ0v) is 15.4. The van der Waals surface area contributed by atoms with E-state index in [2.05, 4.69) is 30.4 Å². The number of methoxy groups -OCH3 is 1. The fraction of sp³-hybridized carbons (Fsp3) is 0.350. The molecule has 1 N–H and O–H groups in total. The molecule has 0 fully saturated rings. The van der Waals surface area contributed by atoms with Gasteiger partial charge in [0.25, 0.3) is 0 Å². The lowest BCUT2D eigenvalue weighted by Crippen LogP contribution is -2.29. The predicted molar refractivity (Wildman–Crippen MR) is 102 cm³/mol. The van der Waals surface area contributed by atoms with Gasteiger partial charge in [-0.25, -0.2) is 0 Å². The summed E-state index contributed by atoms with van der Waals surface area (Å²) in [6, 6.07) is 16.3. The molecule has 128 valence electrons. The third-order valence-corrected chi connectivity index (χ3v) is 4.91. The van der Waals surface area contributed by atoms with Gasteiger partial charge < -0.3 is 10.1 Å². The number of hydrogen-bond donors (Lipinski definition) is 1. The smallest absolute Gasteiger partial charge is 0.230 e. The summed E-state index contributed by atoms with van der Waals surface area (Å²) < 4.78 is 5.30. The Hall–Kier alpha value is -1.94. The van der Waals surface area contributed by atoms with Crippen molar-refractivity contribution >= 4 is 17.7 Å². The van der Waals surface area contributed by atoms with Gasteiger partial charge in [0, 0.05) is 5.75 Å². The first-order chi connectivity index (χ1) is 11.6. The minimum absolute atomic E-state index is 0.0411. The Morgan fingerprint density at radius 3 is 2.58 bits per heavy atom. The molecule has 4 heteroatoms. The van der Waals surface area contributed by atoms with Gasteiger partial charge in [0.15, 0.2) is 0 Å². The Balaban J connectivity index is 1.87. The number of thioether (sulfide) groups is 1. The van der Waals surface area contributed by atoms with Crippen LogP contribution < -0.4 is 10.1 Å². The Labute approximate surface area is 148 Å². The molecule has 1 amide bonds. The van der Waals surface area contributed by atoms with Crippen molar-refractivity contribution in [1.29, 1.82) is 0 Å². The maximum atomic E-state index is 12.2. The second-order valence-electron chi connectivity index (χ2n) is 5.74. The van der Waals surface area contributed by atoms with Crippen LogP contribution in [0.1, 0.15) is 36.1 Å². The molecule has 3 nitrogen and oxygen atoms in total. The number of rotatable bonds is 8. The van der Waals surface area contributed by atoms with Crippen LogP contribution in [0, 0.1) is 6.92 Å². The highest BCUT2D eigenvalue weighted by Crippen LogP contribution is 2.24. The summed E-state index contributed by atoms with van der Waals surface area (Å²) in [5.41, 5.74) is 3.45. The molecule has 0 saturated carbocycles. The van der Waals surface area contributed by atoms with E-state index in [0.29, 0.717) is 5.75 Å². The zero-order valence-electron chi connectivity index (χ0n) is 14.5. The largest absolute Gasteiger partial charge is 0.496 e. The number of nitrogens with one attached hydrogen (secondary N) is 1. The number of aryl methyl sites for hydroxylation is 1. The van der Waals surface area contributed by atoms with Crippen molar-refractivity contribution < 1.29 is 9.53 Å². The highest BCUT2D eigenvalue weighted by molar-refractivity contribution is 7.99. The quantitative estimate of drug-likeness (QED) is 0.767. The second-order valence-corrected chi connectivity index (χ2v) is 6.72. The van der Waals surface area contributed by atoms with Gasteiger partial charge in [-0.15, -0.1) is 11.8 Å². The first kappa shape index (κ1) is 18.4. The van der Waals surface area contributed by atoms with Crippen LogP contribution in [0.15, 0.2) is 48.5 Å². The molecule has 0 unspecified atom stereocenters. The van der Waals surface area contributed by atoms with Gasteiger partial charge in [0.05, 0.1) is 18.9 Å². The summed E-state index contributed by atoms with van der Waals surface area (Å²) in [7, 11) is 1.67. The van der Waals surface area contributed by atoms with Crippen molar-refractivity contribution in [2.24, 2.45) is 0 Å². The molecule has 0 aromatic heterocycles. The molecule has 2 aromatic rings. The molecular formula is C20H25NO2S. The summed E-state index contributed by atoms with van der Waals surface area (Å²) in [6.07, 6.45) is 0.862. The van der Waals surface area contributed by atoms with E-state index in [1.54, 1.807) is 18.9 Å². The van der Waals surface area contributed by atoms with E-state index in [-0.39, 0.29) is 11.9 Å². The van der Waals surface area contributed by atoms with Gasteiger partial charge in [-0.3, -0.25) is 4.79 Å². The van der Waals surface area contributed by atoms with Crippen molar-refractivity contribution in [3.05, 3.63) is 65.2 Å². The minimum atomic E-state index is 0.0411. The molecule has 0 spiro atoms. The second kappa shape index (κ2) is 9.38. The lowest BCUT2D eigenvalue weighted by molar-refractivity contribution is -0.119. The van der Waals surface area contributed by atoms with Gasteiger partial charge in [0.2, 0.25) is 5.91 Å². The monoisotopic (exact) mass is 343 g/mol. The third kappa shape index (κ3) is 5.31. The highest BCUT2D eigenvalue weighted by Gasteiger charge is 2.14. The molecule has 1 atom stereocenters. The summed E-state index contributed by atoms with van der Waals surface area (Å²) >= 11 is 1.64. The number of amides is 1. The number of ether oxygens (including phenoxy) is 1. The standard InChI is InChI=1S/C20H25NO2S/c1-4-18(17-10-11-19(23-3)15(2)12-17)21-20(22)14-24-13-16-8-6-5-7-9-16/h5-12,18H,4,13-14H2,1-3H3,(H,21,22)/t18-/m1/s1. The summed E-state index contributed by atoms with van der Waals surface area (Å²) in [6.45, 7) is 4.11. The Morgan fingerprint density at radius 2 is 1.96 bits per heavy atom. The lowest BCUT2D eigenvalue weighted by atomic mass is 10.0. The molecule has 0 bridgehead atoms. The van der Waals surface area contributed by atoms with Crippen molar-refractivity contribution in [1.82, 2.24) is 5.32 Å². The first-order valence-corrected chi connectivity index (χ1v) is 9.35. The van der Waals surface area contributed by atoms with Gasteiger partial charge >= 0.3 is 0 Å². The first-order valence-electron chi connectivity index (χ1n) is 8.19. The van der Waals surface area contributed by atoms with E-state index < -0.39 is 0 Å². The molecular weight excluding hydrogens is 318 g/mol. The van der Waals surface area contributed by atoms with Gasteiger partial charge in [-0.05, 0) is 36.1 Å². The van der Waals surface area contributed by atoms with Crippen LogP contribution in [0.4, 0.5) is 0 Å². The fourth-order valence-corrected chi connectivity index (χ4v) is 3.41. The highest BCUT2D eigenvalue weighted by atomic mass is 32.2. The maximum absolute atomic E-state index is 12.2. The molecule has 0 radical (unpaired) electrons. The van der Waals surface area contributed by atoms with Gasteiger partial charge in [-0.1, -0.05) is 49.4 Å². The van der Waals surface area contributed by atoms with Crippen LogP contribution in [-0.4, -0.2) is 18.8 Å². The SMILES string of the molecule is CC[C@@H](NC(=O)CSCc1ccccc1)c1ccc(OC)c(C)c1. The van der Waals surface area contributed by atoms with Crippen LogP contribution in [0.2, 0.25) is 0 Å². The molecule has 0 aliphatic heterocycles. The van der Waals surface area contributed by atoms with Crippen molar-refractivity contribution in [2.45, 2.75) is 32.1 Å². The Kier molecular flexibility index (Phi) is 7.19. The van der Waals surface area contributed by atoms with Crippen LogP contribution in [0.5, 0.6) is 5.75 Å². The van der Waals surface area contributed by atoms with Crippen molar-refractivity contribution in [3.63, 3.8) is 0 Å². The molecule has 0 heterocycles. The van der Waals surface area contributed by atoms with Crippen LogP contribution in [0.3, 0.4) is 0 Å². The number of carbonyl (C=O) groups is 1. The van der Waals surface area contributed by atoms with E-state index in [1.165, 1.54) is 5.56 Å². The molecule has 0 aliphatic carbocycles. The van der Waals surface area contributed by atoms with Crippen molar-refractivity contribution in [2.75, 3.05) is 12.9 Å².